The highest BCUT2D eigenvalue weighted by molar-refractivity contribution is 5.76. The van der Waals surface area contributed by atoms with Crippen LogP contribution in [0.25, 0.3) is 0 Å². The summed E-state index contributed by atoms with van der Waals surface area (Å²) in [5, 5.41) is 0. The molecule has 1 aromatic rings. The molecular weight excluding hydrogens is 254 g/mol. The van der Waals surface area contributed by atoms with Crippen molar-refractivity contribution in [3.05, 3.63) is 18.6 Å². The van der Waals surface area contributed by atoms with Crippen molar-refractivity contribution in [1.29, 1.82) is 0 Å². The molecule has 0 spiro atoms. The van der Waals surface area contributed by atoms with Crippen LogP contribution in [-0.4, -0.2) is 40.0 Å². The highest BCUT2D eigenvalue weighted by Crippen LogP contribution is 2.22. The van der Waals surface area contributed by atoms with Gasteiger partial charge in [-0.2, -0.15) is 0 Å². The number of carbonyl (C=O) groups is 1. The highest BCUT2D eigenvalue weighted by Gasteiger charge is 2.27. The number of carbonyl (C=O) groups excluding carboxylic acids is 1. The first-order chi connectivity index (χ1) is 9.44. The van der Waals surface area contributed by atoms with Gasteiger partial charge in [-0.25, -0.2) is 4.98 Å². The van der Waals surface area contributed by atoms with E-state index >= 15 is 0 Å². The Bertz CT molecular complexity index is 442. The van der Waals surface area contributed by atoms with E-state index in [1.165, 1.54) is 0 Å². The molecule has 1 amide bonds. The number of amides is 1. The Labute approximate surface area is 120 Å². The van der Waals surface area contributed by atoms with Crippen LogP contribution in [0.3, 0.4) is 0 Å². The summed E-state index contributed by atoms with van der Waals surface area (Å²) in [5.41, 5.74) is 0.0236. The maximum Gasteiger partial charge on any atom is 0.232 e. The van der Waals surface area contributed by atoms with Crippen LogP contribution < -0.4 is 4.74 Å². The lowest BCUT2D eigenvalue weighted by Crippen LogP contribution is -2.45. The van der Waals surface area contributed by atoms with E-state index in [2.05, 4.69) is 30.7 Å². The Morgan fingerprint density at radius 1 is 1.45 bits per heavy atom. The fraction of sp³-hybridized carbons (Fsp3) is 0.667. The standard InChI is InChI=1S/C15H23N3O2/c1-15(2,3)9-14(19)18-8-4-5-12(11-18)20-13-10-16-6-7-17-13/h6-7,10,12H,4-5,8-9,11H2,1-3H3. The predicted octanol–water partition coefficient (Wildman–Crippen LogP) is 2.28. The minimum Gasteiger partial charge on any atom is -0.471 e. The van der Waals surface area contributed by atoms with Crippen LogP contribution in [0.2, 0.25) is 0 Å². The van der Waals surface area contributed by atoms with Crippen molar-refractivity contribution in [3.63, 3.8) is 0 Å². The molecule has 1 aromatic heterocycles. The Morgan fingerprint density at radius 3 is 2.90 bits per heavy atom. The van der Waals surface area contributed by atoms with Crippen LogP contribution in [0.1, 0.15) is 40.0 Å². The maximum atomic E-state index is 12.3. The Balaban J connectivity index is 1.90. The summed E-state index contributed by atoms with van der Waals surface area (Å²) >= 11 is 0. The van der Waals surface area contributed by atoms with Gasteiger partial charge in [-0.3, -0.25) is 9.78 Å². The van der Waals surface area contributed by atoms with E-state index in [9.17, 15) is 4.79 Å². The summed E-state index contributed by atoms with van der Waals surface area (Å²) in [6, 6.07) is 0. The van der Waals surface area contributed by atoms with Gasteiger partial charge < -0.3 is 9.64 Å². The number of hydrogen-bond acceptors (Lipinski definition) is 4. The molecule has 5 heteroatoms. The summed E-state index contributed by atoms with van der Waals surface area (Å²) in [7, 11) is 0. The van der Waals surface area contributed by atoms with Crippen LogP contribution in [-0.2, 0) is 4.79 Å². The van der Waals surface area contributed by atoms with Crippen molar-refractivity contribution in [2.24, 2.45) is 5.41 Å². The molecule has 5 nitrogen and oxygen atoms in total. The molecule has 0 bridgehead atoms. The van der Waals surface area contributed by atoms with Gasteiger partial charge in [-0.05, 0) is 18.3 Å². The SMILES string of the molecule is CC(C)(C)CC(=O)N1CCCC(Oc2cnccn2)C1. The topological polar surface area (TPSA) is 55.3 Å². The van der Waals surface area contributed by atoms with E-state index in [4.69, 9.17) is 4.74 Å². The lowest BCUT2D eigenvalue weighted by molar-refractivity contribution is -0.135. The summed E-state index contributed by atoms with van der Waals surface area (Å²) in [6.45, 7) is 7.73. The minimum absolute atomic E-state index is 0.0179. The third kappa shape index (κ3) is 4.47. The number of ether oxygens (including phenoxy) is 1. The first-order valence-electron chi connectivity index (χ1n) is 7.14. The van der Waals surface area contributed by atoms with Gasteiger partial charge in [0.15, 0.2) is 0 Å². The van der Waals surface area contributed by atoms with E-state index in [1.807, 2.05) is 4.90 Å². The van der Waals surface area contributed by atoms with Crippen LogP contribution in [0.5, 0.6) is 5.88 Å². The monoisotopic (exact) mass is 277 g/mol. The molecule has 0 N–H and O–H groups in total. The lowest BCUT2D eigenvalue weighted by Gasteiger charge is -2.34. The zero-order valence-electron chi connectivity index (χ0n) is 12.5. The normalized spacial score (nSPS) is 19.8. The largest absolute Gasteiger partial charge is 0.471 e. The van der Waals surface area contributed by atoms with Crippen LogP contribution in [0.15, 0.2) is 18.6 Å². The molecule has 2 rings (SSSR count). The molecule has 0 aliphatic carbocycles. The van der Waals surface area contributed by atoms with Crippen molar-refractivity contribution >= 4 is 5.91 Å². The molecule has 1 fully saturated rings. The summed E-state index contributed by atoms with van der Waals surface area (Å²) in [5.74, 6) is 0.743. The summed E-state index contributed by atoms with van der Waals surface area (Å²) in [4.78, 5) is 22.3. The van der Waals surface area contributed by atoms with Crippen molar-refractivity contribution < 1.29 is 9.53 Å². The quantitative estimate of drug-likeness (QED) is 0.850. The second kappa shape index (κ2) is 6.20. The zero-order valence-corrected chi connectivity index (χ0v) is 12.5. The van der Waals surface area contributed by atoms with Gasteiger partial charge in [0.25, 0.3) is 0 Å². The van der Waals surface area contributed by atoms with Crippen LogP contribution >= 0.6 is 0 Å². The first kappa shape index (κ1) is 14.8. The number of hydrogen-bond donors (Lipinski definition) is 0. The molecule has 0 aromatic carbocycles. The number of piperidine rings is 1. The molecule has 1 aliphatic rings. The van der Waals surface area contributed by atoms with Gasteiger partial charge in [0, 0.05) is 25.4 Å². The lowest BCUT2D eigenvalue weighted by atomic mass is 9.91. The predicted molar refractivity (Wildman–Crippen MR) is 76.3 cm³/mol. The third-order valence-electron chi connectivity index (χ3n) is 3.24. The first-order valence-corrected chi connectivity index (χ1v) is 7.14. The van der Waals surface area contributed by atoms with Gasteiger partial charge in [0.2, 0.25) is 11.8 Å². The second-order valence-electron chi connectivity index (χ2n) is 6.50. The van der Waals surface area contributed by atoms with Crippen molar-refractivity contribution in [2.75, 3.05) is 13.1 Å². The molecule has 0 radical (unpaired) electrons. The Kier molecular flexibility index (Phi) is 4.57. The summed E-state index contributed by atoms with van der Waals surface area (Å²) < 4.78 is 5.80. The fourth-order valence-corrected chi connectivity index (χ4v) is 2.34. The van der Waals surface area contributed by atoms with Crippen molar-refractivity contribution in [1.82, 2.24) is 14.9 Å². The average molecular weight is 277 g/mol. The minimum atomic E-state index is 0.0179. The second-order valence-corrected chi connectivity index (χ2v) is 6.50. The van der Waals surface area contributed by atoms with E-state index in [-0.39, 0.29) is 17.4 Å². The van der Waals surface area contributed by atoms with Gasteiger partial charge in [0.05, 0.1) is 12.7 Å². The molecule has 1 atom stereocenters. The fourth-order valence-electron chi connectivity index (χ4n) is 2.34. The van der Waals surface area contributed by atoms with E-state index < -0.39 is 0 Å². The van der Waals surface area contributed by atoms with Gasteiger partial charge in [-0.1, -0.05) is 20.8 Å². The van der Waals surface area contributed by atoms with Crippen molar-refractivity contribution in [2.45, 2.75) is 46.1 Å². The van der Waals surface area contributed by atoms with Gasteiger partial charge >= 0.3 is 0 Å². The summed E-state index contributed by atoms with van der Waals surface area (Å²) in [6.07, 6.45) is 7.36. The molecular formula is C15H23N3O2. The van der Waals surface area contributed by atoms with Crippen LogP contribution in [0, 0.1) is 5.41 Å². The molecule has 1 saturated heterocycles. The van der Waals surface area contributed by atoms with E-state index in [0.717, 1.165) is 19.4 Å². The molecule has 0 saturated carbocycles. The number of nitrogens with zero attached hydrogens (tertiary/aromatic N) is 3. The highest BCUT2D eigenvalue weighted by atomic mass is 16.5. The molecule has 1 unspecified atom stereocenters. The number of aromatic nitrogens is 2. The number of likely N-dealkylation sites (tertiary alicyclic amines) is 1. The molecule has 2 heterocycles. The van der Waals surface area contributed by atoms with E-state index in [0.29, 0.717) is 18.8 Å². The van der Waals surface area contributed by atoms with E-state index in [1.54, 1.807) is 18.6 Å². The third-order valence-corrected chi connectivity index (χ3v) is 3.24. The van der Waals surface area contributed by atoms with Crippen LogP contribution in [0.4, 0.5) is 0 Å². The Morgan fingerprint density at radius 2 is 2.25 bits per heavy atom. The Hall–Kier alpha value is -1.65. The molecule has 1 aliphatic heterocycles. The number of rotatable bonds is 3. The van der Waals surface area contributed by atoms with Gasteiger partial charge in [-0.15, -0.1) is 0 Å². The molecule has 110 valence electrons. The van der Waals surface area contributed by atoms with Crippen molar-refractivity contribution in [3.8, 4) is 5.88 Å². The molecule has 20 heavy (non-hydrogen) atoms. The zero-order chi connectivity index (χ0) is 14.6. The van der Waals surface area contributed by atoms with Gasteiger partial charge in [0.1, 0.15) is 6.10 Å². The smallest absolute Gasteiger partial charge is 0.232 e. The maximum absolute atomic E-state index is 12.3. The average Bonchev–Trinajstić information content (AvgIpc) is 2.38.